The molecule has 18 heavy (non-hydrogen) atoms. The number of hydrogen-bond donors (Lipinski definition) is 0. The zero-order valence-corrected chi connectivity index (χ0v) is 13.5. The molecule has 0 heteroatoms. The van der Waals surface area contributed by atoms with Crippen LogP contribution < -0.4 is 0 Å². The van der Waals surface area contributed by atoms with E-state index in [1.165, 1.54) is 11.1 Å². The first kappa shape index (κ1) is 21.9. The van der Waals surface area contributed by atoms with Crippen molar-refractivity contribution in [3.8, 4) is 0 Å². The highest BCUT2D eigenvalue weighted by Gasteiger charge is 1.94. The minimum absolute atomic E-state index is 1.05. The predicted octanol–water partition coefficient (Wildman–Crippen LogP) is 6.64. The largest absolute Gasteiger partial charge is 0.0991 e. The zero-order valence-electron chi connectivity index (χ0n) is 13.5. The van der Waals surface area contributed by atoms with Crippen LogP contribution in [0.5, 0.6) is 0 Å². The first-order valence-corrected chi connectivity index (χ1v) is 6.97. The van der Waals surface area contributed by atoms with Crippen molar-refractivity contribution in [2.45, 2.75) is 54.9 Å². The second kappa shape index (κ2) is 18.1. The smallest absolute Gasteiger partial charge is 0.0231 e. The van der Waals surface area contributed by atoms with Crippen LogP contribution in [0.15, 0.2) is 60.3 Å². The Bertz CT molecular complexity index is 285. The Kier molecular flexibility index (Phi) is 22.0. The van der Waals surface area contributed by atoms with E-state index in [1.54, 1.807) is 6.08 Å². The summed E-state index contributed by atoms with van der Waals surface area (Å²) in [6, 6.07) is 0. The van der Waals surface area contributed by atoms with Gasteiger partial charge >= 0.3 is 0 Å². The van der Waals surface area contributed by atoms with E-state index in [0.29, 0.717) is 0 Å². The quantitative estimate of drug-likeness (QED) is 0.478. The van der Waals surface area contributed by atoms with Crippen molar-refractivity contribution in [2.75, 3.05) is 0 Å². The highest BCUT2D eigenvalue weighted by Crippen LogP contribution is 2.14. The molecule has 0 bridgehead atoms. The summed E-state index contributed by atoms with van der Waals surface area (Å²) < 4.78 is 0. The van der Waals surface area contributed by atoms with Crippen molar-refractivity contribution in [3.63, 3.8) is 0 Å². The Morgan fingerprint density at radius 1 is 1.11 bits per heavy atom. The summed E-state index contributed by atoms with van der Waals surface area (Å²) in [4.78, 5) is 0. The molecular weight excluding hydrogens is 216 g/mol. The van der Waals surface area contributed by atoms with Crippen molar-refractivity contribution < 1.29 is 0 Å². The molecule has 0 unspecified atom stereocenters. The first-order valence-electron chi connectivity index (χ1n) is 6.97. The Labute approximate surface area is 116 Å². The third-order valence-electron chi connectivity index (χ3n) is 2.02. The molecule has 0 aliphatic heterocycles. The summed E-state index contributed by atoms with van der Waals surface area (Å²) in [6.45, 7) is 21.8. The molecule has 0 rings (SSSR count). The van der Waals surface area contributed by atoms with E-state index in [-0.39, 0.29) is 0 Å². The molecule has 0 aliphatic carbocycles. The third kappa shape index (κ3) is 12.8. The van der Waals surface area contributed by atoms with E-state index < -0.39 is 0 Å². The van der Waals surface area contributed by atoms with Gasteiger partial charge in [-0.05, 0) is 25.8 Å². The molecule has 0 heterocycles. The molecule has 0 aliphatic rings. The van der Waals surface area contributed by atoms with E-state index >= 15 is 0 Å². The van der Waals surface area contributed by atoms with Crippen molar-refractivity contribution in [2.24, 2.45) is 0 Å². The van der Waals surface area contributed by atoms with E-state index in [0.717, 1.165) is 12.0 Å². The molecule has 0 atom stereocenters. The molecule has 0 aromatic rings. The van der Waals surface area contributed by atoms with Gasteiger partial charge in [0.2, 0.25) is 0 Å². The van der Waals surface area contributed by atoms with Crippen LogP contribution in [0.3, 0.4) is 0 Å². The van der Waals surface area contributed by atoms with E-state index in [4.69, 9.17) is 0 Å². The van der Waals surface area contributed by atoms with Crippen LogP contribution in [0, 0.1) is 0 Å². The van der Waals surface area contributed by atoms with Crippen LogP contribution in [0.25, 0.3) is 0 Å². The van der Waals surface area contributed by atoms with Gasteiger partial charge < -0.3 is 0 Å². The lowest BCUT2D eigenvalue weighted by atomic mass is 10.0. The second-order valence-corrected chi connectivity index (χ2v) is 3.19. The molecule has 0 amide bonds. The average molecular weight is 248 g/mol. The van der Waals surface area contributed by atoms with Crippen LogP contribution >= 0.6 is 0 Å². The Morgan fingerprint density at radius 3 is 1.89 bits per heavy atom. The lowest BCUT2D eigenvalue weighted by molar-refractivity contribution is 1.13. The predicted molar refractivity (Wildman–Crippen MR) is 89.0 cm³/mol. The van der Waals surface area contributed by atoms with Crippen LogP contribution in [0.2, 0.25) is 0 Å². The van der Waals surface area contributed by atoms with Crippen molar-refractivity contribution in [1.29, 1.82) is 0 Å². The van der Waals surface area contributed by atoms with E-state index in [9.17, 15) is 0 Å². The molecular formula is C18H32. The maximum Gasteiger partial charge on any atom is -0.0231 e. The standard InChI is InChI=1S/C14H20.2C2H6/c1-6-9-10-14(12(4)5)11-13(7-2)8-3;2*1-2/h6-7,9-11H,1,4,8H2,2-3,5H3;2*1-2H3/b10-9-,13-7-,14-11-;;. The van der Waals surface area contributed by atoms with Crippen LogP contribution in [-0.4, -0.2) is 0 Å². The molecule has 0 saturated heterocycles. The minimum atomic E-state index is 1.05. The Hall–Kier alpha value is -1.30. The van der Waals surface area contributed by atoms with Gasteiger partial charge in [-0.25, -0.2) is 0 Å². The highest BCUT2D eigenvalue weighted by molar-refractivity contribution is 5.42. The number of hydrogen-bond acceptors (Lipinski definition) is 0. The van der Waals surface area contributed by atoms with Gasteiger partial charge in [-0.2, -0.15) is 0 Å². The first-order chi connectivity index (χ1) is 8.65. The lowest BCUT2D eigenvalue weighted by Gasteiger charge is -2.02. The van der Waals surface area contributed by atoms with Gasteiger partial charge in [-0.15, -0.1) is 0 Å². The summed E-state index contributed by atoms with van der Waals surface area (Å²) in [5.74, 6) is 0. The van der Waals surface area contributed by atoms with E-state index in [1.807, 2.05) is 46.8 Å². The summed E-state index contributed by atoms with van der Waals surface area (Å²) in [6.07, 6.45) is 11.1. The molecule has 0 fully saturated rings. The molecule has 0 saturated carbocycles. The third-order valence-corrected chi connectivity index (χ3v) is 2.02. The van der Waals surface area contributed by atoms with Gasteiger partial charge in [-0.3, -0.25) is 0 Å². The van der Waals surface area contributed by atoms with Crippen LogP contribution in [-0.2, 0) is 0 Å². The Balaban J connectivity index is -0.000000506. The summed E-state index contributed by atoms with van der Waals surface area (Å²) in [5.41, 5.74) is 3.58. The summed E-state index contributed by atoms with van der Waals surface area (Å²) >= 11 is 0. The van der Waals surface area contributed by atoms with Crippen LogP contribution in [0.1, 0.15) is 54.9 Å². The SMILES string of the molecule is C=C\C=C/C(=C/C(=C\C)CC)C(=C)C.CC.CC. The molecule has 0 N–H and O–H groups in total. The van der Waals surface area contributed by atoms with Crippen LogP contribution in [0.4, 0.5) is 0 Å². The van der Waals surface area contributed by atoms with E-state index in [2.05, 4.69) is 39.2 Å². The second-order valence-electron chi connectivity index (χ2n) is 3.19. The lowest BCUT2D eigenvalue weighted by Crippen LogP contribution is -1.82. The van der Waals surface area contributed by atoms with Crippen molar-refractivity contribution in [3.05, 3.63) is 60.3 Å². The topological polar surface area (TPSA) is 0 Å². The average Bonchev–Trinajstić information content (AvgIpc) is 2.43. The minimum Gasteiger partial charge on any atom is -0.0991 e. The molecule has 0 aromatic heterocycles. The van der Waals surface area contributed by atoms with Gasteiger partial charge in [0.25, 0.3) is 0 Å². The maximum absolute atomic E-state index is 3.95. The highest BCUT2D eigenvalue weighted by atomic mass is 14.0. The fraction of sp³-hybridized carbons (Fsp3) is 0.444. The van der Waals surface area contributed by atoms with Gasteiger partial charge in [0.05, 0.1) is 0 Å². The summed E-state index contributed by atoms with van der Waals surface area (Å²) in [5, 5.41) is 0. The van der Waals surface area contributed by atoms with Gasteiger partial charge in [0.15, 0.2) is 0 Å². The number of rotatable bonds is 5. The maximum atomic E-state index is 3.95. The van der Waals surface area contributed by atoms with Gasteiger partial charge in [0.1, 0.15) is 0 Å². The number of allylic oxidation sites excluding steroid dienone is 8. The normalized spacial score (nSPS) is 11.1. The summed E-state index contributed by atoms with van der Waals surface area (Å²) in [7, 11) is 0. The Morgan fingerprint density at radius 2 is 1.61 bits per heavy atom. The molecule has 104 valence electrons. The fourth-order valence-corrected chi connectivity index (χ4v) is 1.07. The molecule has 0 nitrogen and oxygen atoms in total. The van der Waals surface area contributed by atoms with Gasteiger partial charge in [0, 0.05) is 0 Å². The molecule has 0 radical (unpaired) electrons. The van der Waals surface area contributed by atoms with Crippen molar-refractivity contribution in [1.82, 2.24) is 0 Å². The van der Waals surface area contributed by atoms with Crippen molar-refractivity contribution >= 4 is 0 Å². The monoisotopic (exact) mass is 248 g/mol. The molecule has 0 spiro atoms. The zero-order chi connectivity index (χ0) is 15.0. The molecule has 0 aromatic carbocycles. The fourth-order valence-electron chi connectivity index (χ4n) is 1.07. The van der Waals surface area contributed by atoms with Gasteiger partial charge in [-0.1, -0.05) is 89.3 Å².